The van der Waals surface area contributed by atoms with E-state index in [-0.39, 0.29) is 36.7 Å². The van der Waals surface area contributed by atoms with Crippen LogP contribution in [0.5, 0.6) is 0 Å². The summed E-state index contributed by atoms with van der Waals surface area (Å²) in [4.78, 5) is 42.6. The van der Waals surface area contributed by atoms with E-state index in [1.807, 2.05) is 0 Å². The fourth-order valence-electron chi connectivity index (χ4n) is 4.71. The number of amides is 3. The first-order valence-corrected chi connectivity index (χ1v) is 9.75. The van der Waals surface area contributed by atoms with Gasteiger partial charge in [-0.2, -0.15) is 0 Å². The fraction of sp³-hybridized carbons (Fsp3) is 0.476. The zero-order chi connectivity index (χ0) is 19.0. The molecule has 1 saturated carbocycles. The predicted molar refractivity (Wildman–Crippen MR) is 102 cm³/mol. The molecule has 1 N–H and O–H groups in total. The Morgan fingerprint density at radius 3 is 2.70 bits per heavy atom. The average molecular weight is 367 g/mol. The third-order valence-electron chi connectivity index (χ3n) is 5.99. The van der Waals surface area contributed by atoms with Gasteiger partial charge in [0, 0.05) is 25.4 Å². The van der Waals surface area contributed by atoms with Crippen molar-refractivity contribution in [1.29, 1.82) is 0 Å². The molecule has 0 spiro atoms. The van der Waals surface area contributed by atoms with Crippen molar-refractivity contribution in [3.05, 3.63) is 42.5 Å². The number of para-hydroxylation sites is 1. The van der Waals surface area contributed by atoms with E-state index in [4.69, 9.17) is 0 Å². The molecule has 0 bridgehead atoms. The standard InChI is InChI=1S/C21H25N3O3/c1-2-14-23-19(26)16-10-6-7-11-17(16)24-18(25)12-13-21(23,24)20(27)22-15-8-4-3-5-9-15/h2,6-7,10-11,15H,1,3-5,8-9,12-14H2,(H,22,27). The van der Waals surface area contributed by atoms with Gasteiger partial charge in [0.1, 0.15) is 0 Å². The maximum atomic E-state index is 13.5. The Morgan fingerprint density at radius 1 is 1.22 bits per heavy atom. The van der Waals surface area contributed by atoms with Crippen LogP contribution in [0.1, 0.15) is 55.3 Å². The maximum Gasteiger partial charge on any atom is 0.267 e. The molecule has 3 aliphatic rings. The van der Waals surface area contributed by atoms with Crippen LogP contribution in [0.25, 0.3) is 0 Å². The van der Waals surface area contributed by atoms with Crippen molar-refractivity contribution < 1.29 is 14.4 Å². The zero-order valence-corrected chi connectivity index (χ0v) is 15.4. The lowest BCUT2D eigenvalue weighted by Gasteiger charge is -2.49. The van der Waals surface area contributed by atoms with E-state index in [0.29, 0.717) is 17.7 Å². The van der Waals surface area contributed by atoms with Crippen LogP contribution in [0.3, 0.4) is 0 Å². The van der Waals surface area contributed by atoms with Crippen LogP contribution in [-0.2, 0) is 9.59 Å². The number of fused-ring (bicyclic) bond motifs is 3. The molecule has 0 aromatic heterocycles. The van der Waals surface area contributed by atoms with Gasteiger partial charge in [-0.25, -0.2) is 0 Å². The molecule has 2 aliphatic heterocycles. The van der Waals surface area contributed by atoms with Gasteiger partial charge >= 0.3 is 0 Å². The van der Waals surface area contributed by atoms with Crippen LogP contribution in [-0.4, -0.2) is 40.9 Å². The largest absolute Gasteiger partial charge is 0.350 e. The molecule has 1 aromatic carbocycles. The third-order valence-corrected chi connectivity index (χ3v) is 5.99. The molecule has 6 nitrogen and oxygen atoms in total. The highest BCUT2D eigenvalue weighted by Crippen LogP contribution is 2.44. The Morgan fingerprint density at radius 2 is 1.96 bits per heavy atom. The minimum atomic E-state index is -1.30. The van der Waals surface area contributed by atoms with E-state index in [9.17, 15) is 14.4 Å². The van der Waals surface area contributed by atoms with Gasteiger partial charge in [-0.1, -0.05) is 37.5 Å². The summed E-state index contributed by atoms with van der Waals surface area (Å²) in [5, 5.41) is 3.15. The van der Waals surface area contributed by atoms with Crippen molar-refractivity contribution in [2.24, 2.45) is 0 Å². The third kappa shape index (κ3) is 2.66. The first-order chi connectivity index (χ1) is 13.1. The normalized spacial score (nSPS) is 25.2. The monoisotopic (exact) mass is 367 g/mol. The van der Waals surface area contributed by atoms with E-state index in [1.165, 1.54) is 11.3 Å². The van der Waals surface area contributed by atoms with Gasteiger partial charge in [0.2, 0.25) is 11.6 Å². The Labute approximate surface area is 159 Å². The van der Waals surface area contributed by atoms with E-state index in [0.717, 1.165) is 25.7 Å². The molecule has 1 aromatic rings. The van der Waals surface area contributed by atoms with E-state index < -0.39 is 5.66 Å². The summed E-state index contributed by atoms with van der Waals surface area (Å²) in [5.74, 6) is -0.594. The number of rotatable bonds is 4. The van der Waals surface area contributed by atoms with Gasteiger partial charge in [0.25, 0.3) is 11.8 Å². The molecular weight excluding hydrogens is 342 g/mol. The first-order valence-electron chi connectivity index (χ1n) is 9.75. The lowest BCUT2D eigenvalue weighted by atomic mass is 9.92. The molecule has 4 rings (SSSR count). The van der Waals surface area contributed by atoms with E-state index in [1.54, 1.807) is 35.2 Å². The van der Waals surface area contributed by atoms with Crippen molar-refractivity contribution >= 4 is 23.4 Å². The highest BCUT2D eigenvalue weighted by atomic mass is 16.2. The number of nitrogens with one attached hydrogen (secondary N) is 1. The van der Waals surface area contributed by atoms with Crippen molar-refractivity contribution in [3.8, 4) is 0 Å². The Bertz CT molecular complexity index is 800. The Kier molecular flexibility index (Phi) is 4.50. The average Bonchev–Trinajstić information content (AvgIpc) is 3.04. The van der Waals surface area contributed by atoms with Crippen molar-refractivity contribution in [1.82, 2.24) is 10.2 Å². The second kappa shape index (κ2) is 6.83. The smallest absolute Gasteiger partial charge is 0.267 e. The lowest BCUT2D eigenvalue weighted by molar-refractivity contribution is -0.134. The van der Waals surface area contributed by atoms with Crippen LogP contribution in [0, 0.1) is 0 Å². The molecule has 2 fully saturated rings. The second-order valence-corrected chi connectivity index (χ2v) is 7.58. The summed E-state index contributed by atoms with van der Waals surface area (Å²) in [6, 6.07) is 7.14. The molecule has 2 heterocycles. The lowest BCUT2D eigenvalue weighted by Crippen LogP contribution is -2.71. The number of carbonyl (C=O) groups excluding carboxylic acids is 3. The van der Waals surface area contributed by atoms with Crippen LogP contribution in [0.4, 0.5) is 5.69 Å². The van der Waals surface area contributed by atoms with Gasteiger partial charge in [0.05, 0.1) is 11.3 Å². The predicted octanol–water partition coefficient (Wildman–Crippen LogP) is 2.60. The molecule has 1 saturated heterocycles. The Hall–Kier alpha value is -2.63. The van der Waals surface area contributed by atoms with Gasteiger partial charge in [-0.3, -0.25) is 19.3 Å². The summed E-state index contributed by atoms with van der Waals surface area (Å²) in [5.41, 5.74) is -0.312. The molecule has 6 heteroatoms. The SMILES string of the molecule is C=CCN1C(=O)c2ccccc2N2C(=O)CCC12C(=O)NC1CCCCC1. The number of nitrogens with zero attached hydrogens (tertiary/aromatic N) is 2. The molecule has 1 atom stereocenters. The minimum absolute atomic E-state index is 0.107. The summed E-state index contributed by atoms with van der Waals surface area (Å²) >= 11 is 0. The van der Waals surface area contributed by atoms with Gasteiger partial charge < -0.3 is 10.2 Å². The highest BCUT2D eigenvalue weighted by molar-refractivity contribution is 6.16. The fourth-order valence-corrected chi connectivity index (χ4v) is 4.71. The van der Waals surface area contributed by atoms with Crippen LogP contribution in [0.2, 0.25) is 0 Å². The second-order valence-electron chi connectivity index (χ2n) is 7.58. The van der Waals surface area contributed by atoms with Gasteiger partial charge in [-0.05, 0) is 25.0 Å². The number of hydrogen-bond acceptors (Lipinski definition) is 3. The summed E-state index contributed by atoms with van der Waals surface area (Å²) in [6.45, 7) is 3.97. The quantitative estimate of drug-likeness (QED) is 0.832. The molecule has 1 unspecified atom stereocenters. The van der Waals surface area contributed by atoms with Gasteiger partial charge in [0.15, 0.2) is 0 Å². The van der Waals surface area contributed by atoms with Crippen LogP contribution < -0.4 is 10.2 Å². The maximum absolute atomic E-state index is 13.5. The molecule has 0 radical (unpaired) electrons. The highest BCUT2D eigenvalue weighted by Gasteiger charge is 2.60. The summed E-state index contributed by atoms with van der Waals surface area (Å²) in [7, 11) is 0. The minimum Gasteiger partial charge on any atom is -0.350 e. The van der Waals surface area contributed by atoms with E-state index >= 15 is 0 Å². The van der Waals surface area contributed by atoms with Gasteiger partial charge in [-0.15, -0.1) is 6.58 Å². The van der Waals surface area contributed by atoms with E-state index in [2.05, 4.69) is 11.9 Å². The summed E-state index contributed by atoms with van der Waals surface area (Å²) < 4.78 is 0. The number of carbonyl (C=O) groups is 3. The molecular formula is C21H25N3O3. The number of hydrogen-bond donors (Lipinski definition) is 1. The van der Waals surface area contributed by atoms with Crippen molar-refractivity contribution in [2.75, 3.05) is 11.4 Å². The summed E-state index contributed by atoms with van der Waals surface area (Å²) in [6.07, 6.45) is 7.44. The molecule has 1 aliphatic carbocycles. The van der Waals surface area contributed by atoms with Crippen LogP contribution in [0.15, 0.2) is 36.9 Å². The topological polar surface area (TPSA) is 69.7 Å². The Balaban J connectivity index is 1.79. The zero-order valence-electron chi connectivity index (χ0n) is 15.4. The number of anilines is 1. The molecule has 27 heavy (non-hydrogen) atoms. The number of benzene rings is 1. The van der Waals surface area contributed by atoms with Crippen LogP contribution >= 0.6 is 0 Å². The molecule has 3 amide bonds. The first kappa shape index (κ1) is 17.8. The van der Waals surface area contributed by atoms with Crippen molar-refractivity contribution in [3.63, 3.8) is 0 Å². The molecule has 142 valence electrons. The van der Waals surface area contributed by atoms with Crippen molar-refractivity contribution in [2.45, 2.75) is 56.7 Å².